The largest absolute Gasteiger partial charge is 0.507 e. The van der Waals surface area contributed by atoms with E-state index in [-0.39, 0.29) is 5.75 Å². The number of rotatable bonds is 8. The Morgan fingerprint density at radius 1 is 0.957 bits per heavy atom. The number of aromatic hydroxyl groups is 1. The first-order valence-electron chi connectivity index (χ1n) is 7.58. The molecule has 0 unspecified atom stereocenters. The molecule has 124 valence electrons. The van der Waals surface area contributed by atoms with E-state index in [1.807, 2.05) is 30.3 Å². The Labute approximate surface area is 137 Å². The van der Waals surface area contributed by atoms with Gasteiger partial charge in [-0.25, -0.2) is 0 Å². The van der Waals surface area contributed by atoms with Crippen LogP contribution in [-0.2, 0) is 9.47 Å². The first kappa shape index (κ1) is 17.1. The molecule has 0 heterocycles. The second-order valence-electron chi connectivity index (χ2n) is 5.26. The van der Waals surface area contributed by atoms with E-state index < -0.39 is 0 Å². The summed E-state index contributed by atoms with van der Waals surface area (Å²) in [6.07, 6.45) is 0. The maximum Gasteiger partial charge on any atom is 0.123 e. The quantitative estimate of drug-likeness (QED) is 0.733. The van der Waals surface area contributed by atoms with E-state index in [1.54, 1.807) is 26.4 Å². The third kappa shape index (κ3) is 4.37. The van der Waals surface area contributed by atoms with Crippen molar-refractivity contribution in [3.8, 4) is 16.9 Å². The number of hydrogen-bond acceptors (Lipinski definition) is 5. The van der Waals surface area contributed by atoms with E-state index >= 15 is 0 Å². The van der Waals surface area contributed by atoms with Crippen LogP contribution >= 0.6 is 0 Å². The minimum absolute atomic E-state index is 0.219. The number of nitrogens with zero attached hydrogens (tertiary/aromatic N) is 1. The first-order chi connectivity index (χ1) is 11.2. The summed E-state index contributed by atoms with van der Waals surface area (Å²) < 4.78 is 10.4. The minimum atomic E-state index is 0.219. The van der Waals surface area contributed by atoms with Gasteiger partial charge in [-0.15, -0.1) is 0 Å². The number of ether oxygens (including phenoxy) is 2. The Morgan fingerprint density at radius 2 is 1.61 bits per heavy atom. The fraction of sp³-hybridized carbons (Fsp3) is 0.333. The molecule has 5 nitrogen and oxygen atoms in total. The summed E-state index contributed by atoms with van der Waals surface area (Å²) in [5, 5.41) is 10.1. The Kier molecular flexibility index (Phi) is 6.26. The Balaban J connectivity index is 2.35. The number of para-hydroxylation sites is 1. The Morgan fingerprint density at radius 3 is 2.22 bits per heavy atom. The second kappa shape index (κ2) is 8.41. The maximum absolute atomic E-state index is 10.1. The predicted octanol–water partition coefficient (Wildman–Crippen LogP) is 2.74. The normalized spacial score (nSPS) is 10.7. The van der Waals surface area contributed by atoms with Crippen LogP contribution in [0.2, 0.25) is 0 Å². The molecular formula is C18H24N2O3. The molecule has 0 spiro atoms. The van der Waals surface area contributed by atoms with Crippen molar-refractivity contribution in [2.75, 3.05) is 51.2 Å². The van der Waals surface area contributed by atoms with E-state index in [0.29, 0.717) is 18.9 Å². The molecule has 0 saturated heterocycles. The van der Waals surface area contributed by atoms with Crippen LogP contribution in [0, 0.1) is 0 Å². The lowest BCUT2D eigenvalue weighted by molar-refractivity contribution is 0.190. The highest BCUT2D eigenvalue weighted by Gasteiger charge is 2.12. The molecule has 0 aromatic heterocycles. The van der Waals surface area contributed by atoms with Crippen molar-refractivity contribution in [1.29, 1.82) is 0 Å². The number of anilines is 2. The van der Waals surface area contributed by atoms with Crippen molar-refractivity contribution in [1.82, 2.24) is 0 Å². The van der Waals surface area contributed by atoms with E-state index in [9.17, 15) is 5.11 Å². The van der Waals surface area contributed by atoms with E-state index in [4.69, 9.17) is 15.2 Å². The fourth-order valence-corrected chi connectivity index (χ4v) is 2.45. The molecule has 0 aliphatic rings. The molecule has 0 fully saturated rings. The second-order valence-corrected chi connectivity index (χ2v) is 5.26. The third-order valence-corrected chi connectivity index (χ3v) is 3.73. The van der Waals surface area contributed by atoms with Gasteiger partial charge in [-0.3, -0.25) is 0 Å². The van der Waals surface area contributed by atoms with Crippen LogP contribution in [0.5, 0.6) is 5.75 Å². The van der Waals surface area contributed by atoms with Crippen molar-refractivity contribution in [3.63, 3.8) is 0 Å². The number of phenolic OH excluding ortho intramolecular Hbond substituents is 1. The fourth-order valence-electron chi connectivity index (χ4n) is 2.45. The van der Waals surface area contributed by atoms with E-state index in [2.05, 4.69) is 4.90 Å². The SMILES string of the molecule is COCCN(CCOC)c1ccc(N)c(-c2ccccc2O)c1. The third-order valence-electron chi connectivity index (χ3n) is 3.73. The van der Waals surface area contributed by atoms with Crippen molar-refractivity contribution >= 4 is 11.4 Å². The van der Waals surface area contributed by atoms with Crippen LogP contribution in [0.25, 0.3) is 11.1 Å². The number of phenols is 1. The summed E-state index contributed by atoms with van der Waals surface area (Å²) in [7, 11) is 3.37. The number of hydrogen-bond donors (Lipinski definition) is 2. The number of methoxy groups -OCH3 is 2. The zero-order chi connectivity index (χ0) is 16.7. The molecule has 0 bridgehead atoms. The molecule has 0 radical (unpaired) electrons. The Bertz CT molecular complexity index is 623. The molecule has 0 atom stereocenters. The molecule has 0 aliphatic carbocycles. The van der Waals surface area contributed by atoms with Crippen LogP contribution < -0.4 is 10.6 Å². The monoisotopic (exact) mass is 316 g/mol. The van der Waals surface area contributed by atoms with Crippen LogP contribution in [0.1, 0.15) is 0 Å². The van der Waals surface area contributed by atoms with Crippen molar-refractivity contribution in [2.24, 2.45) is 0 Å². The van der Waals surface area contributed by atoms with Crippen LogP contribution in [0.3, 0.4) is 0 Å². The van der Waals surface area contributed by atoms with Gasteiger partial charge in [0.1, 0.15) is 5.75 Å². The molecule has 3 N–H and O–H groups in total. The minimum Gasteiger partial charge on any atom is -0.507 e. The van der Waals surface area contributed by atoms with Crippen LogP contribution in [0.4, 0.5) is 11.4 Å². The van der Waals surface area contributed by atoms with Gasteiger partial charge in [0.2, 0.25) is 0 Å². The first-order valence-corrected chi connectivity index (χ1v) is 7.58. The Hall–Kier alpha value is -2.24. The molecule has 23 heavy (non-hydrogen) atoms. The van der Waals surface area contributed by atoms with Gasteiger partial charge in [0, 0.05) is 49.8 Å². The summed E-state index contributed by atoms with van der Waals surface area (Å²) in [6.45, 7) is 2.76. The molecule has 2 aromatic carbocycles. The number of nitrogens with two attached hydrogens (primary N) is 1. The standard InChI is InChI=1S/C18H24N2O3/c1-22-11-9-20(10-12-23-2)14-7-8-17(19)16(13-14)15-5-3-4-6-18(15)21/h3-8,13,21H,9-12,19H2,1-2H3. The van der Waals surface area contributed by atoms with Gasteiger partial charge in [-0.1, -0.05) is 18.2 Å². The van der Waals surface area contributed by atoms with Crippen molar-refractivity contribution in [3.05, 3.63) is 42.5 Å². The van der Waals surface area contributed by atoms with Gasteiger partial charge in [0.15, 0.2) is 0 Å². The summed E-state index contributed by atoms with van der Waals surface area (Å²) in [6, 6.07) is 13.0. The zero-order valence-corrected chi connectivity index (χ0v) is 13.7. The highest BCUT2D eigenvalue weighted by molar-refractivity contribution is 5.83. The summed E-state index contributed by atoms with van der Waals surface area (Å²) in [4.78, 5) is 2.18. The molecule has 0 aliphatic heterocycles. The van der Waals surface area contributed by atoms with Crippen molar-refractivity contribution in [2.45, 2.75) is 0 Å². The molecular weight excluding hydrogens is 292 g/mol. The maximum atomic E-state index is 10.1. The predicted molar refractivity (Wildman–Crippen MR) is 93.9 cm³/mol. The van der Waals surface area contributed by atoms with Crippen LogP contribution in [0.15, 0.2) is 42.5 Å². The lowest BCUT2D eigenvalue weighted by Gasteiger charge is -2.25. The van der Waals surface area contributed by atoms with Gasteiger partial charge in [-0.2, -0.15) is 0 Å². The van der Waals surface area contributed by atoms with Gasteiger partial charge < -0.3 is 25.2 Å². The van der Waals surface area contributed by atoms with Gasteiger partial charge in [0.05, 0.1) is 13.2 Å². The van der Waals surface area contributed by atoms with E-state index in [1.165, 1.54) is 0 Å². The summed E-state index contributed by atoms with van der Waals surface area (Å²) >= 11 is 0. The lowest BCUT2D eigenvalue weighted by Crippen LogP contribution is -2.30. The number of benzene rings is 2. The molecule has 2 rings (SSSR count). The topological polar surface area (TPSA) is 68.0 Å². The molecule has 0 saturated carbocycles. The zero-order valence-electron chi connectivity index (χ0n) is 13.7. The summed E-state index contributed by atoms with van der Waals surface area (Å²) in [5.74, 6) is 0.219. The van der Waals surface area contributed by atoms with E-state index in [0.717, 1.165) is 29.9 Å². The number of nitrogen functional groups attached to an aromatic ring is 1. The highest BCUT2D eigenvalue weighted by atomic mass is 16.5. The molecule has 0 amide bonds. The summed E-state index contributed by atoms with van der Waals surface area (Å²) in [5.41, 5.74) is 9.31. The average molecular weight is 316 g/mol. The van der Waals surface area contributed by atoms with Crippen molar-refractivity contribution < 1.29 is 14.6 Å². The lowest BCUT2D eigenvalue weighted by atomic mass is 10.0. The van der Waals surface area contributed by atoms with Crippen LogP contribution in [-0.4, -0.2) is 45.6 Å². The molecule has 5 heteroatoms. The highest BCUT2D eigenvalue weighted by Crippen LogP contribution is 2.35. The van der Waals surface area contributed by atoms with Gasteiger partial charge in [-0.05, 0) is 24.3 Å². The van der Waals surface area contributed by atoms with Gasteiger partial charge >= 0.3 is 0 Å². The average Bonchev–Trinajstić information content (AvgIpc) is 2.56. The molecule has 2 aromatic rings. The van der Waals surface area contributed by atoms with Gasteiger partial charge in [0.25, 0.3) is 0 Å². The smallest absolute Gasteiger partial charge is 0.123 e.